The number of nitrogens with zero attached hydrogens (tertiary/aromatic N) is 2. The predicted octanol–water partition coefficient (Wildman–Crippen LogP) is 3.10. The SMILES string of the molecule is CCc1nc(C(NCCOC)c2nc(C)cs2)sc1C. The summed E-state index contributed by atoms with van der Waals surface area (Å²) in [7, 11) is 1.72. The molecule has 0 aliphatic heterocycles. The largest absolute Gasteiger partial charge is 0.383 e. The van der Waals surface area contributed by atoms with Crippen LogP contribution in [0.3, 0.4) is 0 Å². The van der Waals surface area contributed by atoms with Gasteiger partial charge in [-0.05, 0) is 20.3 Å². The van der Waals surface area contributed by atoms with E-state index in [1.807, 2.05) is 6.92 Å². The van der Waals surface area contributed by atoms with Crippen LogP contribution in [0, 0.1) is 13.8 Å². The molecule has 0 fully saturated rings. The minimum Gasteiger partial charge on any atom is -0.383 e. The molecule has 0 bridgehead atoms. The van der Waals surface area contributed by atoms with Crippen LogP contribution in [0.2, 0.25) is 0 Å². The number of hydrogen-bond acceptors (Lipinski definition) is 6. The highest BCUT2D eigenvalue weighted by molar-refractivity contribution is 7.12. The van der Waals surface area contributed by atoms with Crippen molar-refractivity contribution in [1.29, 1.82) is 0 Å². The van der Waals surface area contributed by atoms with Crippen LogP contribution >= 0.6 is 22.7 Å². The second-order valence-corrected chi connectivity index (χ2v) is 6.74. The van der Waals surface area contributed by atoms with Crippen molar-refractivity contribution in [3.05, 3.63) is 31.7 Å². The van der Waals surface area contributed by atoms with E-state index in [9.17, 15) is 0 Å². The van der Waals surface area contributed by atoms with E-state index in [-0.39, 0.29) is 6.04 Å². The third-order valence-corrected chi connectivity index (χ3v) is 5.13. The Kier molecular flexibility index (Phi) is 5.65. The van der Waals surface area contributed by atoms with Crippen LogP contribution in [-0.2, 0) is 11.2 Å². The maximum atomic E-state index is 5.12. The number of nitrogens with one attached hydrogen (secondary N) is 1. The highest BCUT2D eigenvalue weighted by atomic mass is 32.1. The lowest BCUT2D eigenvalue weighted by Crippen LogP contribution is -2.26. The summed E-state index contributed by atoms with van der Waals surface area (Å²) in [5.41, 5.74) is 2.25. The van der Waals surface area contributed by atoms with Crippen LogP contribution < -0.4 is 5.32 Å². The Hall–Kier alpha value is -0.820. The predicted molar refractivity (Wildman–Crippen MR) is 84.8 cm³/mol. The van der Waals surface area contributed by atoms with Gasteiger partial charge in [-0.15, -0.1) is 22.7 Å². The van der Waals surface area contributed by atoms with Crippen molar-refractivity contribution in [3.63, 3.8) is 0 Å². The Labute approximate surface area is 128 Å². The molecule has 2 aromatic heterocycles. The van der Waals surface area contributed by atoms with Crippen LogP contribution in [-0.4, -0.2) is 30.2 Å². The van der Waals surface area contributed by atoms with Crippen molar-refractivity contribution < 1.29 is 4.74 Å². The van der Waals surface area contributed by atoms with E-state index in [4.69, 9.17) is 9.72 Å². The maximum Gasteiger partial charge on any atom is 0.117 e. The second-order valence-electron chi connectivity index (χ2n) is 4.62. The quantitative estimate of drug-likeness (QED) is 0.798. The maximum absolute atomic E-state index is 5.12. The molecule has 0 spiro atoms. The molecule has 4 nitrogen and oxygen atoms in total. The number of thiazole rings is 2. The Morgan fingerprint density at radius 2 is 2.10 bits per heavy atom. The molecule has 0 aliphatic rings. The van der Waals surface area contributed by atoms with Gasteiger partial charge in [-0.3, -0.25) is 5.32 Å². The first-order chi connectivity index (χ1) is 9.65. The Bertz CT molecular complexity index is 550. The summed E-state index contributed by atoms with van der Waals surface area (Å²) >= 11 is 3.45. The minimum absolute atomic E-state index is 0.0767. The number of methoxy groups -OCH3 is 1. The highest BCUT2D eigenvalue weighted by Gasteiger charge is 2.21. The first-order valence-electron chi connectivity index (χ1n) is 6.76. The number of hydrogen-bond donors (Lipinski definition) is 1. The fraction of sp³-hybridized carbons (Fsp3) is 0.571. The van der Waals surface area contributed by atoms with Crippen molar-refractivity contribution in [1.82, 2.24) is 15.3 Å². The molecule has 2 rings (SSSR count). The summed E-state index contributed by atoms with van der Waals surface area (Å²) in [6.07, 6.45) is 0.976. The van der Waals surface area contributed by atoms with Gasteiger partial charge in [-0.2, -0.15) is 0 Å². The van der Waals surface area contributed by atoms with E-state index in [2.05, 4.69) is 29.5 Å². The lowest BCUT2D eigenvalue weighted by Gasteiger charge is -2.13. The Balaban J connectivity index is 2.24. The summed E-state index contributed by atoms with van der Waals surface area (Å²) in [4.78, 5) is 10.7. The standard InChI is InChI=1S/C14H21N3OS2/c1-5-11-10(3)20-14(17-11)12(15-6-7-18-4)13-16-9(2)8-19-13/h8,12,15H,5-7H2,1-4H3. The first-order valence-corrected chi connectivity index (χ1v) is 8.45. The van der Waals surface area contributed by atoms with E-state index >= 15 is 0 Å². The fourth-order valence-electron chi connectivity index (χ4n) is 1.99. The molecule has 6 heteroatoms. The van der Waals surface area contributed by atoms with Crippen molar-refractivity contribution in [2.24, 2.45) is 0 Å². The summed E-state index contributed by atoms with van der Waals surface area (Å²) in [6.45, 7) is 7.79. The van der Waals surface area contributed by atoms with Crippen molar-refractivity contribution in [2.45, 2.75) is 33.2 Å². The summed E-state index contributed by atoms with van der Waals surface area (Å²) in [6, 6.07) is 0.0767. The molecule has 2 aromatic rings. The monoisotopic (exact) mass is 311 g/mol. The number of ether oxygens (including phenoxy) is 1. The van der Waals surface area contributed by atoms with Crippen molar-refractivity contribution in [3.8, 4) is 0 Å². The highest BCUT2D eigenvalue weighted by Crippen LogP contribution is 2.30. The number of rotatable bonds is 7. The van der Waals surface area contributed by atoms with Crippen LogP contribution in [0.5, 0.6) is 0 Å². The van der Waals surface area contributed by atoms with Gasteiger partial charge >= 0.3 is 0 Å². The molecule has 0 radical (unpaired) electrons. The molecule has 0 saturated heterocycles. The first kappa shape index (κ1) is 15.6. The molecule has 0 aromatic carbocycles. The van der Waals surface area contributed by atoms with Gasteiger partial charge in [0.1, 0.15) is 16.1 Å². The average Bonchev–Trinajstić information content (AvgIpc) is 3.01. The van der Waals surface area contributed by atoms with E-state index < -0.39 is 0 Å². The van der Waals surface area contributed by atoms with Gasteiger partial charge in [0.05, 0.1) is 12.3 Å². The van der Waals surface area contributed by atoms with Gasteiger partial charge < -0.3 is 4.74 Å². The third-order valence-electron chi connectivity index (χ3n) is 3.03. The second kappa shape index (κ2) is 7.26. The van der Waals surface area contributed by atoms with Gasteiger partial charge in [0.15, 0.2) is 0 Å². The molecular formula is C14H21N3OS2. The molecule has 1 atom stereocenters. The topological polar surface area (TPSA) is 47.0 Å². The van der Waals surface area contributed by atoms with Gasteiger partial charge in [-0.1, -0.05) is 6.92 Å². The van der Waals surface area contributed by atoms with Crippen molar-refractivity contribution in [2.75, 3.05) is 20.3 Å². The zero-order valence-corrected chi connectivity index (χ0v) is 14.0. The van der Waals surface area contributed by atoms with Crippen LogP contribution in [0.4, 0.5) is 0 Å². The lowest BCUT2D eigenvalue weighted by atomic mass is 10.3. The number of aromatic nitrogens is 2. The molecule has 2 heterocycles. The fourth-order valence-corrected chi connectivity index (χ4v) is 4.03. The zero-order valence-electron chi connectivity index (χ0n) is 12.4. The molecule has 0 saturated carbocycles. The molecule has 20 heavy (non-hydrogen) atoms. The van der Waals surface area contributed by atoms with E-state index in [0.29, 0.717) is 6.61 Å². The van der Waals surface area contributed by atoms with Crippen molar-refractivity contribution >= 4 is 22.7 Å². The van der Waals surface area contributed by atoms with Crippen LogP contribution in [0.1, 0.15) is 39.2 Å². The van der Waals surface area contributed by atoms with E-state index in [1.165, 1.54) is 10.6 Å². The third kappa shape index (κ3) is 3.63. The van der Waals surface area contributed by atoms with Gasteiger partial charge in [0.2, 0.25) is 0 Å². The van der Waals surface area contributed by atoms with Crippen LogP contribution in [0.15, 0.2) is 5.38 Å². The van der Waals surface area contributed by atoms with Gasteiger partial charge in [0.25, 0.3) is 0 Å². The molecule has 0 aliphatic carbocycles. The summed E-state index contributed by atoms with van der Waals surface area (Å²) in [5, 5.41) is 7.77. The normalized spacial score (nSPS) is 12.8. The molecule has 1 unspecified atom stereocenters. The molecule has 1 N–H and O–H groups in total. The molecule has 0 amide bonds. The Morgan fingerprint density at radius 1 is 1.30 bits per heavy atom. The lowest BCUT2D eigenvalue weighted by molar-refractivity contribution is 0.197. The zero-order chi connectivity index (χ0) is 14.5. The number of aryl methyl sites for hydroxylation is 3. The molecule has 110 valence electrons. The average molecular weight is 311 g/mol. The smallest absolute Gasteiger partial charge is 0.117 e. The van der Waals surface area contributed by atoms with Gasteiger partial charge in [0, 0.05) is 29.6 Å². The summed E-state index contributed by atoms with van der Waals surface area (Å²) in [5.74, 6) is 0. The molecular weight excluding hydrogens is 290 g/mol. The minimum atomic E-state index is 0.0767. The summed E-state index contributed by atoms with van der Waals surface area (Å²) < 4.78 is 5.12. The van der Waals surface area contributed by atoms with E-state index in [1.54, 1.807) is 29.8 Å². The Morgan fingerprint density at radius 3 is 2.65 bits per heavy atom. The van der Waals surface area contributed by atoms with Gasteiger partial charge in [-0.25, -0.2) is 9.97 Å². The van der Waals surface area contributed by atoms with Crippen LogP contribution in [0.25, 0.3) is 0 Å². The van der Waals surface area contributed by atoms with E-state index in [0.717, 1.165) is 28.7 Å².